The summed E-state index contributed by atoms with van der Waals surface area (Å²) in [6, 6.07) is 9.00. The fraction of sp³-hybridized carbons (Fsp3) is 0.364. The summed E-state index contributed by atoms with van der Waals surface area (Å²) in [5, 5.41) is 29.5. The first-order chi connectivity index (χ1) is 15.9. The molecule has 1 aliphatic rings. The minimum atomic E-state index is -0.418. The Kier molecular flexibility index (Phi) is 6.16. The molecular weight excluding hydrogens is 488 g/mol. The van der Waals surface area contributed by atoms with Gasteiger partial charge in [0.2, 0.25) is 11.9 Å². The van der Waals surface area contributed by atoms with Crippen LogP contribution in [0.15, 0.2) is 29.0 Å². The van der Waals surface area contributed by atoms with Crippen LogP contribution in [0.5, 0.6) is 5.75 Å². The van der Waals surface area contributed by atoms with Gasteiger partial charge in [0.25, 0.3) is 0 Å². The van der Waals surface area contributed by atoms with Gasteiger partial charge in [0, 0.05) is 30.8 Å². The summed E-state index contributed by atoms with van der Waals surface area (Å²) in [4.78, 5) is 21.3. The zero-order valence-electron chi connectivity index (χ0n) is 18.1. The van der Waals surface area contributed by atoms with Crippen LogP contribution < -0.4 is 15.4 Å². The zero-order valence-corrected chi connectivity index (χ0v) is 19.7. The van der Waals surface area contributed by atoms with E-state index in [9.17, 15) is 10.1 Å². The van der Waals surface area contributed by atoms with Gasteiger partial charge in [-0.15, -0.1) is 0 Å². The highest BCUT2D eigenvalue weighted by molar-refractivity contribution is 9.10. The normalized spacial score (nSPS) is 19.6. The van der Waals surface area contributed by atoms with Crippen molar-refractivity contribution in [2.45, 2.75) is 32.2 Å². The third-order valence-electron chi connectivity index (χ3n) is 5.80. The SMILES string of the molecule is CNC(=O)[C@]1(C)CC[C@@H](Nc2ncc3c(Br)nn(-c4cc(C#N)cc(OCC#N)c4)c3n2)C1. The number of carbonyl (C=O) groups excluding carboxylic acids is 1. The van der Waals surface area contributed by atoms with E-state index in [4.69, 9.17) is 10.00 Å². The number of amides is 1. The Hall–Kier alpha value is -3.70. The highest BCUT2D eigenvalue weighted by Gasteiger charge is 2.40. The molecule has 0 saturated heterocycles. The Balaban J connectivity index is 1.67. The fourth-order valence-electron chi connectivity index (χ4n) is 4.14. The van der Waals surface area contributed by atoms with E-state index in [2.05, 4.69) is 47.7 Å². The average Bonchev–Trinajstić information content (AvgIpc) is 3.37. The molecule has 0 aliphatic heterocycles. The molecule has 1 saturated carbocycles. The number of nitrogens with one attached hydrogen (secondary N) is 2. The van der Waals surface area contributed by atoms with Gasteiger partial charge in [0.1, 0.15) is 16.4 Å². The second kappa shape index (κ2) is 9.04. The molecular formula is C22H21BrN8O2. The Bertz CT molecular complexity index is 1310. The lowest BCUT2D eigenvalue weighted by molar-refractivity contribution is -0.129. The maximum Gasteiger partial charge on any atom is 0.225 e. The van der Waals surface area contributed by atoms with Crippen molar-refractivity contribution in [1.29, 1.82) is 10.5 Å². The highest BCUT2D eigenvalue weighted by Crippen LogP contribution is 2.39. The van der Waals surface area contributed by atoms with Crippen molar-refractivity contribution in [3.63, 3.8) is 0 Å². The van der Waals surface area contributed by atoms with E-state index in [0.29, 0.717) is 45.0 Å². The second-order valence-corrected chi connectivity index (χ2v) is 8.88. The van der Waals surface area contributed by atoms with Crippen LogP contribution in [0.3, 0.4) is 0 Å². The molecule has 10 nitrogen and oxygen atoms in total. The molecule has 4 rings (SSSR count). The number of benzene rings is 1. The van der Waals surface area contributed by atoms with Gasteiger partial charge in [0.05, 0.1) is 22.7 Å². The average molecular weight is 509 g/mol. The van der Waals surface area contributed by atoms with Crippen molar-refractivity contribution in [2.75, 3.05) is 19.0 Å². The Labute approximate surface area is 198 Å². The molecule has 1 amide bonds. The number of hydrogen-bond acceptors (Lipinski definition) is 8. The van der Waals surface area contributed by atoms with Gasteiger partial charge >= 0.3 is 0 Å². The number of carbonyl (C=O) groups is 1. The third kappa shape index (κ3) is 4.45. The number of rotatable bonds is 6. The molecule has 168 valence electrons. The lowest BCUT2D eigenvalue weighted by Crippen LogP contribution is -2.35. The molecule has 0 spiro atoms. The molecule has 0 radical (unpaired) electrons. The van der Waals surface area contributed by atoms with E-state index in [1.807, 2.05) is 13.0 Å². The maximum atomic E-state index is 12.2. The molecule has 0 unspecified atom stereocenters. The van der Waals surface area contributed by atoms with Crippen molar-refractivity contribution >= 4 is 38.8 Å². The van der Waals surface area contributed by atoms with Gasteiger partial charge in [-0.2, -0.15) is 20.6 Å². The first kappa shape index (κ1) is 22.5. The Morgan fingerprint density at radius 1 is 1.39 bits per heavy atom. The molecule has 2 aromatic heterocycles. The molecule has 1 fully saturated rings. The summed E-state index contributed by atoms with van der Waals surface area (Å²) in [7, 11) is 1.66. The van der Waals surface area contributed by atoms with Crippen molar-refractivity contribution in [1.82, 2.24) is 25.1 Å². The van der Waals surface area contributed by atoms with Gasteiger partial charge in [-0.3, -0.25) is 4.79 Å². The standard InChI is InChI=1S/C22H21BrN8O2/c1-22(20(32)26-2)4-3-14(10-22)28-21-27-12-17-18(23)30-31(19(17)29-21)15-7-13(11-25)8-16(9-15)33-6-5-24/h7-9,12,14H,3-4,6,10H2,1-2H3,(H,26,32)(H,27,28,29)/t14-,22-/m1/s1. The van der Waals surface area contributed by atoms with E-state index >= 15 is 0 Å². The van der Waals surface area contributed by atoms with Crippen LogP contribution in [-0.4, -0.2) is 45.4 Å². The number of ether oxygens (including phenoxy) is 1. The van der Waals surface area contributed by atoms with Crippen LogP contribution in [0.1, 0.15) is 31.7 Å². The number of nitrogens with zero attached hydrogens (tertiary/aromatic N) is 6. The molecule has 11 heteroatoms. The molecule has 2 heterocycles. The van der Waals surface area contributed by atoms with Crippen LogP contribution in [-0.2, 0) is 4.79 Å². The summed E-state index contributed by atoms with van der Waals surface area (Å²) in [6.45, 7) is 1.84. The predicted molar refractivity (Wildman–Crippen MR) is 124 cm³/mol. The van der Waals surface area contributed by atoms with Gasteiger partial charge < -0.3 is 15.4 Å². The van der Waals surface area contributed by atoms with E-state index in [-0.39, 0.29) is 18.6 Å². The molecule has 1 aromatic carbocycles. The lowest BCUT2D eigenvalue weighted by atomic mass is 9.87. The number of anilines is 1. The van der Waals surface area contributed by atoms with E-state index in [1.54, 1.807) is 36.1 Å². The van der Waals surface area contributed by atoms with Crippen molar-refractivity contribution in [3.8, 4) is 23.6 Å². The zero-order chi connectivity index (χ0) is 23.6. The van der Waals surface area contributed by atoms with Crippen molar-refractivity contribution in [2.24, 2.45) is 5.41 Å². The summed E-state index contributed by atoms with van der Waals surface area (Å²) >= 11 is 3.45. The molecule has 33 heavy (non-hydrogen) atoms. The number of fused-ring (bicyclic) bond motifs is 1. The minimum absolute atomic E-state index is 0.0389. The molecule has 2 atom stereocenters. The van der Waals surface area contributed by atoms with E-state index in [0.717, 1.165) is 12.8 Å². The fourth-order valence-corrected chi connectivity index (χ4v) is 4.58. The van der Waals surface area contributed by atoms with Crippen LogP contribution in [0.25, 0.3) is 16.7 Å². The largest absolute Gasteiger partial charge is 0.479 e. The van der Waals surface area contributed by atoms with E-state index < -0.39 is 5.41 Å². The molecule has 0 bridgehead atoms. The van der Waals surface area contributed by atoms with Crippen LogP contribution in [0.4, 0.5) is 5.95 Å². The minimum Gasteiger partial charge on any atom is -0.479 e. The number of nitriles is 2. The quantitative estimate of drug-likeness (QED) is 0.517. The first-order valence-corrected chi connectivity index (χ1v) is 11.1. The smallest absolute Gasteiger partial charge is 0.225 e. The maximum absolute atomic E-state index is 12.2. The summed E-state index contributed by atoms with van der Waals surface area (Å²) in [6.07, 6.45) is 3.97. The number of hydrogen-bond donors (Lipinski definition) is 2. The molecule has 1 aliphatic carbocycles. The van der Waals surface area contributed by atoms with Crippen LogP contribution in [0, 0.1) is 28.1 Å². The topological polar surface area (TPSA) is 142 Å². The van der Waals surface area contributed by atoms with Crippen molar-refractivity contribution in [3.05, 3.63) is 34.6 Å². The third-order valence-corrected chi connectivity index (χ3v) is 6.38. The van der Waals surface area contributed by atoms with Crippen molar-refractivity contribution < 1.29 is 9.53 Å². The van der Waals surface area contributed by atoms with Gasteiger partial charge in [0.15, 0.2) is 12.3 Å². The Morgan fingerprint density at radius 2 is 2.21 bits per heavy atom. The molecule has 2 N–H and O–H groups in total. The van der Waals surface area contributed by atoms with Gasteiger partial charge in [-0.25, -0.2) is 9.67 Å². The summed E-state index contributed by atoms with van der Waals surface area (Å²) in [5.41, 5.74) is 1.05. The van der Waals surface area contributed by atoms with Gasteiger partial charge in [-0.05, 0) is 47.3 Å². The summed E-state index contributed by atoms with van der Waals surface area (Å²) < 4.78 is 7.54. The highest BCUT2D eigenvalue weighted by atomic mass is 79.9. The Morgan fingerprint density at radius 3 is 2.94 bits per heavy atom. The second-order valence-electron chi connectivity index (χ2n) is 8.13. The number of halogens is 1. The summed E-state index contributed by atoms with van der Waals surface area (Å²) in [5.74, 6) is 0.855. The molecule has 3 aromatic rings. The monoisotopic (exact) mass is 508 g/mol. The first-order valence-electron chi connectivity index (χ1n) is 10.3. The van der Waals surface area contributed by atoms with E-state index in [1.165, 1.54) is 0 Å². The van der Waals surface area contributed by atoms with Crippen LogP contribution in [0.2, 0.25) is 0 Å². The van der Waals surface area contributed by atoms with Gasteiger partial charge in [-0.1, -0.05) is 6.92 Å². The lowest BCUT2D eigenvalue weighted by Gasteiger charge is -2.22. The number of aromatic nitrogens is 4. The van der Waals surface area contributed by atoms with Crippen LogP contribution >= 0.6 is 15.9 Å². The predicted octanol–water partition coefficient (Wildman–Crippen LogP) is 3.07.